The van der Waals surface area contributed by atoms with Crippen LogP contribution in [-0.2, 0) is 26.7 Å². The third kappa shape index (κ3) is 17.9. The van der Waals surface area contributed by atoms with Gasteiger partial charge >= 0.3 is 0 Å². The Kier molecular flexibility index (Phi) is 20.4. The van der Waals surface area contributed by atoms with Crippen molar-refractivity contribution < 1.29 is 18.8 Å². The quantitative estimate of drug-likeness (QED) is 0.113. The fourth-order valence-corrected chi connectivity index (χ4v) is 4.40. The van der Waals surface area contributed by atoms with Crippen LogP contribution in [0.4, 0.5) is 0 Å². The highest BCUT2D eigenvalue weighted by Crippen LogP contribution is 2.12. The van der Waals surface area contributed by atoms with Crippen molar-refractivity contribution >= 4 is 24.5 Å². The number of ether oxygens (including phenoxy) is 1. The van der Waals surface area contributed by atoms with Gasteiger partial charge in [0.15, 0.2) is 5.76 Å². The van der Waals surface area contributed by atoms with Crippen molar-refractivity contribution in [3.63, 3.8) is 0 Å². The Hall–Kier alpha value is -1.22. The van der Waals surface area contributed by atoms with Crippen LogP contribution in [-0.4, -0.2) is 55.9 Å². The van der Waals surface area contributed by atoms with E-state index in [-0.39, 0.29) is 0 Å². The first-order valence-corrected chi connectivity index (χ1v) is 13.7. The fraction of sp³-hybridized carbons (Fsp3) is 0.800. The molecule has 7 nitrogen and oxygen atoms in total. The maximum atomic E-state index is 10.4. The van der Waals surface area contributed by atoms with Crippen LogP contribution >= 0.6 is 11.9 Å². The molecule has 0 atom stereocenters. The monoisotopic (exact) mass is 483 g/mol. The Labute approximate surface area is 204 Å². The van der Waals surface area contributed by atoms with Crippen molar-refractivity contribution in [1.29, 1.82) is 0 Å². The minimum Gasteiger partial charge on any atom is -0.377 e. The fourth-order valence-electron chi connectivity index (χ4n) is 3.73. The molecular weight excluding hydrogens is 438 g/mol. The second-order valence-corrected chi connectivity index (χ2v) is 9.41. The second-order valence-electron chi connectivity index (χ2n) is 8.54. The number of carbonyl (C=O) groups excluding carboxylic acids is 2. The first kappa shape index (κ1) is 29.8. The number of hydrogen-bond acceptors (Lipinski definition) is 8. The third-order valence-corrected chi connectivity index (χ3v) is 6.41. The Morgan fingerprint density at radius 3 is 2.09 bits per heavy atom. The standard InChI is InChI=1S/C25H45N3O4S/c1-31-22-25-21-24(27-32-25)23-33-26-15-14-18-28(16-10-6-2-4-8-12-19-29)17-11-7-3-5-9-13-20-30/h19-21,26H,2-18,22-23H2,1H3. The van der Waals surface area contributed by atoms with E-state index in [1.54, 1.807) is 19.1 Å². The highest BCUT2D eigenvalue weighted by Gasteiger charge is 2.06. The highest BCUT2D eigenvalue weighted by atomic mass is 32.2. The predicted octanol–water partition coefficient (Wildman–Crippen LogP) is 5.33. The predicted molar refractivity (Wildman–Crippen MR) is 135 cm³/mol. The van der Waals surface area contributed by atoms with E-state index in [1.165, 1.54) is 51.4 Å². The van der Waals surface area contributed by atoms with Crippen molar-refractivity contribution in [1.82, 2.24) is 14.8 Å². The normalized spacial score (nSPS) is 11.3. The van der Waals surface area contributed by atoms with Gasteiger partial charge in [-0.1, -0.05) is 55.6 Å². The third-order valence-electron chi connectivity index (χ3n) is 5.56. The van der Waals surface area contributed by atoms with Gasteiger partial charge in [0.2, 0.25) is 0 Å². The maximum absolute atomic E-state index is 10.4. The van der Waals surface area contributed by atoms with Crippen molar-refractivity contribution in [3.8, 4) is 0 Å². The summed E-state index contributed by atoms with van der Waals surface area (Å²) in [6.45, 7) is 4.87. The molecule has 1 rings (SSSR count). The number of nitrogens with one attached hydrogen (secondary N) is 1. The maximum Gasteiger partial charge on any atom is 0.162 e. The van der Waals surface area contributed by atoms with E-state index in [0.717, 1.165) is 75.2 Å². The molecule has 0 saturated heterocycles. The topological polar surface area (TPSA) is 84.7 Å². The molecule has 0 aliphatic rings. The van der Waals surface area contributed by atoms with Gasteiger partial charge in [-0.05, 0) is 51.7 Å². The summed E-state index contributed by atoms with van der Waals surface area (Å²) in [5.41, 5.74) is 0.933. The molecule has 33 heavy (non-hydrogen) atoms. The van der Waals surface area contributed by atoms with Crippen molar-refractivity contribution in [3.05, 3.63) is 17.5 Å². The van der Waals surface area contributed by atoms with Crippen LogP contribution in [0.5, 0.6) is 0 Å². The summed E-state index contributed by atoms with van der Waals surface area (Å²) < 4.78 is 13.7. The lowest BCUT2D eigenvalue weighted by atomic mass is 10.1. The molecule has 0 unspecified atom stereocenters. The zero-order valence-corrected chi connectivity index (χ0v) is 21.4. The van der Waals surface area contributed by atoms with Gasteiger partial charge in [0.25, 0.3) is 0 Å². The summed E-state index contributed by atoms with van der Waals surface area (Å²) in [5.74, 6) is 1.54. The van der Waals surface area contributed by atoms with Crippen molar-refractivity contribution in [2.45, 2.75) is 95.8 Å². The number of unbranched alkanes of at least 4 members (excludes halogenated alkanes) is 10. The Bertz CT molecular complexity index is 564. The molecule has 0 aromatic carbocycles. The van der Waals surface area contributed by atoms with Crippen molar-refractivity contribution in [2.75, 3.05) is 33.3 Å². The van der Waals surface area contributed by atoms with E-state index in [0.29, 0.717) is 19.4 Å². The van der Waals surface area contributed by atoms with Crippen LogP contribution in [0.2, 0.25) is 0 Å². The van der Waals surface area contributed by atoms with Gasteiger partial charge < -0.3 is 23.7 Å². The van der Waals surface area contributed by atoms with Gasteiger partial charge in [-0.25, -0.2) is 0 Å². The average molecular weight is 484 g/mol. The summed E-state index contributed by atoms with van der Waals surface area (Å²) in [4.78, 5) is 23.4. The highest BCUT2D eigenvalue weighted by molar-refractivity contribution is 7.96. The van der Waals surface area contributed by atoms with Gasteiger partial charge in [-0.15, -0.1) is 0 Å². The van der Waals surface area contributed by atoms with Gasteiger partial charge in [0.1, 0.15) is 19.2 Å². The zero-order chi connectivity index (χ0) is 23.8. The average Bonchev–Trinajstić information content (AvgIpc) is 3.27. The smallest absolute Gasteiger partial charge is 0.162 e. The van der Waals surface area contributed by atoms with E-state index in [9.17, 15) is 9.59 Å². The van der Waals surface area contributed by atoms with Gasteiger partial charge in [-0.2, -0.15) is 0 Å². The molecule has 1 heterocycles. The second kappa shape index (κ2) is 22.6. The summed E-state index contributed by atoms with van der Waals surface area (Å²) in [7, 11) is 1.65. The Morgan fingerprint density at radius 1 is 0.909 bits per heavy atom. The minimum absolute atomic E-state index is 0.457. The number of hydrogen-bond donors (Lipinski definition) is 1. The lowest BCUT2D eigenvalue weighted by molar-refractivity contribution is -0.108. The van der Waals surface area contributed by atoms with E-state index in [1.807, 2.05) is 6.07 Å². The van der Waals surface area contributed by atoms with E-state index < -0.39 is 0 Å². The SMILES string of the molecule is COCc1cc(CSNCCCN(CCCCCCCC=O)CCCCCCCC=O)no1. The summed E-state index contributed by atoms with van der Waals surface area (Å²) in [6, 6.07) is 1.94. The minimum atomic E-state index is 0.457. The first-order chi connectivity index (χ1) is 16.3. The van der Waals surface area contributed by atoms with Crippen LogP contribution in [0, 0.1) is 0 Å². The van der Waals surface area contributed by atoms with Gasteiger partial charge in [-0.3, -0.25) is 4.72 Å². The van der Waals surface area contributed by atoms with Crippen LogP contribution in [0.15, 0.2) is 10.6 Å². The number of methoxy groups -OCH3 is 1. The van der Waals surface area contributed by atoms with E-state index in [4.69, 9.17) is 9.26 Å². The van der Waals surface area contributed by atoms with Crippen LogP contribution in [0.1, 0.15) is 94.9 Å². The zero-order valence-electron chi connectivity index (χ0n) is 20.6. The number of carbonyl (C=O) groups is 2. The molecule has 0 bridgehead atoms. The summed E-state index contributed by atoms with van der Waals surface area (Å²) in [5, 5.41) is 4.05. The van der Waals surface area contributed by atoms with Crippen LogP contribution in [0.25, 0.3) is 0 Å². The molecule has 0 aliphatic carbocycles. The van der Waals surface area contributed by atoms with Crippen LogP contribution in [0.3, 0.4) is 0 Å². The van der Waals surface area contributed by atoms with Gasteiger partial charge in [0, 0.05) is 32.6 Å². The molecule has 1 aromatic heterocycles. The molecule has 0 fully saturated rings. The van der Waals surface area contributed by atoms with E-state index in [2.05, 4.69) is 14.8 Å². The molecule has 1 aromatic rings. The Balaban J connectivity index is 2.16. The lowest BCUT2D eigenvalue weighted by Crippen LogP contribution is -2.29. The molecule has 0 aliphatic heterocycles. The lowest BCUT2D eigenvalue weighted by Gasteiger charge is -2.22. The number of rotatable bonds is 25. The van der Waals surface area contributed by atoms with E-state index >= 15 is 0 Å². The molecule has 0 saturated carbocycles. The molecule has 0 spiro atoms. The largest absolute Gasteiger partial charge is 0.377 e. The Morgan fingerprint density at radius 2 is 1.48 bits per heavy atom. The van der Waals surface area contributed by atoms with Crippen molar-refractivity contribution in [2.24, 2.45) is 0 Å². The molecule has 190 valence electrons. The number of nitrogens with zero attached hydrogens (tertiary/aromatic N) is 2. The molecule has 0 amide bonds. The molecule has 0 radical (unpaired) electrons. The molecule has 8 heteroatoms. The molecular formula is C25H45N3O4S. The van der Waals surface area contributed by atoms with Gasteiger partial charge in [0.05, 0.1) is 11.4 Å². The first-order valence-electron chi connectivity index (χ1n) is 12.7. The summed E-state index contributed by atoms with van der Waals surface area (Å²) >= 11 is 1.67. The summed E-state index contributed by atoms with van der Waals surface area (Å²) in [6.07, 6.45) is 16.4. The van der Waals surface area contributed by atoms with Crippen LogP contribution < -0.4 is 4.72 Å². The number of aromatic nitrogens is 1. The molecule has 1 N–H and O–H groups in total. The number of aldehydes is 2.